The fourth-order valence-corrected chi connectivity index (χ4v) is 1.72. The minimum absolute atomic E-state index is 0.0905. The Morgan fingerprint density at radius 1 is 1.53 bits per heavy atom. The van der Waals surface area contributed by atoms with Crippen molar-refractivity contribution in [3.05, 3.63) is 41.1 Å². The first-order chi connectivity index (χ1) is 9.01. The summed E-state index contributed by atoms with van der Waals surface area (Å²) in [5, 5.41) is 16.4. The van der Waals surface area contributed by atoms with Gasteiger partial charge in [0.05, 0.1) is 0 Å². The Morgan fingerprint density at radius 3 is 2.89 bits per heavy atom. The molecule has 4 N–H and O–H groups in total. The van der Waals surface area contributed by atoms with Gasteiger partial charge in [0.2, 0.25) is 0 Å². The summed E-state index contributed by atoms with van der Waals surface area (Å²) in [6.45, 7) is 2.06. The highest BCUT2D eigenvalue weighted by atomic mass is 16.3. The molecule has 0 fully saturated rings. The maximum atomic E-state index is 12.0. The molecule has 6 nitrogen and oxygen atoms in total. The number of hydrogen-bond acceptors (Lipinski definition) is 4. The molecule has 0 radical (unpaired) electrons. The number of aryl methyl sites for hydroxylation is 2. The number of carbonyl (C=O) groups is 1. The van der Waals surface area contributed by atoms with Gasteiger partial charge >= 0.3 is 0 Å². The summed E-state index contributed by atoms with van der Waals surface area (Å²) < 4.78 is 1.59. The van der Waals surface area contributed by atoms with Gasteiger partial charge in [0, 0.05) is 30.9 Å². The van der Waals surface area contributed by atoms with E-state index in [0.717, 1.165) is 11.1 Å². The molecule has 0 aliphatic carbocycles. The molecule has 2 aromatic rings. The number of hydrogen-bond donors (Lipinski definition) is 3. The fourth-order valence-electron chi connectivity index (χ4n) is 1.72. The molecule has 0 aliphatic heterocycles. The number of nitrogens with zero attached hydrogens (tertiary/aromatic N) is 2. The van der Waals surface area contributed by atoms with Crippen molar-refractivity contribution in [3.8, 4) is 5.75 Å². The minimum Gasteiger partial charge on any atom is -0.508 e. The first kappa shape index (κ1) is 13.1. The van der Waals surface area contributed by atoms with Crippen LogP contribution in [0.1, 0.15) is 21.5 Å². The van der Waals surface area contributed by atoms with E-state index >= 15 is 0 Å². The van der Waals surface area contributed by atoms with Crippen molar-refractivity contribution in [1.82, 2.24) is 9.78 Å². The third kappa shape index (κ3) is 2.74. The highest BCUT2D eigenvalue weighted by molar-refractivity contribution is 6.04. The van der Waals surface area contributed by atoms with Gasteiger partial charge in [0.1, 0.15) is 5.75 Å². The Labute approximate surface area is 110 Å². The van der Waals surface area contributed by atoms with Crippen LogP contribution >= 0.6 is 0 Å². The number of amides is 1. The summed E-state index contributed by atoms with van der Waals surface area (Å²) in [7, 11) is 1.76. The molecule has 100 valence electrons. The first-order valence-corrected chi connectivity index (χ1v) is 5.85. The van der Waals surface area contributed by atoms with E-state index in [1.54, 1.807) is 37.0 Å². The highest BCUT2D eigenvalue weighted by Crippen LogP contribution is 2.19. The number of aromatic hydroxyl groups is 1. The Kier molecular flexibility index (Phi) is 3.52. The molecule has 0 bridgehead atoms. The van der Waals surface area contributed by atoms with Crippen LogP contribution in [0.15, 0.2) is 24.4 Å². The molecule has 0 unspecified atom stereocenters. The molecule has 1 aromatic heterocycles. The van der Waals surface area contributed by atoms with Crippen molar-refractivity contribution in [2.45, 2.75) is 13.5 Å². The van der Waals surface area contributed by atoms with Crippen molar-refractivity contribution < 1.29 is 9.90 Å². The SMILES string of the molecule is Cc1ccc(C(=O)Nc2nn(C)cc2CN)cc1O. The number of benzene rings is 1. The van der Waals surface area contributed by atoms with Crippen molar-refractivity contribution >= 4 is 11.7 Å². The van der Waals surface area contributed by atoms with Crippen LogP contribution in [-0.2, 0) is 13.6 Å². The van der Waals surface area contributed by atoms with Crippen LogP contribution in [0.4, 0.5) is 5.82 Å². The average molecular weight is 260 g/mol. The molecule has 1 aromatic carbocycles. The Morgan fingerprint density at radius 2 is 2.26 bits per heavy atom. The Balaban J connectivity index is 2.22. The number of phenols is 1. The summed E-state index contributed by atoms with van der Waals surface area (Å²) in [6, 6.07) is 4.76. The van der Waals surface area contributed by atoms with E-state index in [2.05, 4.69) is 10.4 Å². The lowest BCUT2D eigenvalue weighted by atomic mass is 10.1. The van der Waals surface area contributed by atoms with Gasteiger partial charge in [0.15, 0.2) is 5.82 Å². The summed E-state index contributed by atoms with van der Waals surface area (Å²) in [5.41, 5.74) is 7.43. The smallest absolute Gasteiger partial charge is 0.257 e. The molecule has 1 amide bonds. The van der Waals surface area contributed by atoms with E-state index < -0.39 is 0 Å². The molecular weight excluding hydrogens is 244 g/mol. The predicted octanol–water partition coefficient (Wildman–Crippen LogP) is 1.15. The number of nitrogens with one attached hydrogen (secondary N) is 1. The zero-order valence-corrected chi connectivity index (χ0v) is 10.8. The second-order valence-electron chi connectivity index (χ2n) is 4.34. The van der Waals surface area contributed by atoms with Crippen LogP contribution in [0.3, 0.4) is 0 Å². The summed E-state index contributed by atoms with van der Waals surface area (Å²) in [5.74, 6) is 0.200. The molecule has 0 aliphatic rings. The molecule has 0 atom stereocenters. The van der Waals surface area contributed by atoms with Crippen LogP contribution in [0.2, 0.25) is 0 Å². The van der Waals surface area contributed by atoms with E-state index in [1.807, 2.05) is 0 Å². The number of aromatic nitrogens is 2. The lowest BCUT2D eigenvalue weighted by Gasteiger charge is -2.05. The second-order valence-corrected chi connectivity index (χ2v) is 4.34. The first-order valence-electron chi connectivity index (χ1n) is 5.85. The highest BCUT2D eigenvalue weighted by Gasteiger charge is 2.12. The molecule has 0 saturated heterocycles. The van der Waals surface area contributed by atoms with E-state index in [-0.39, 0.29) is 11.7 Å². The molecule has 6 heteroatoms. The van der Waals surface area contributed by atoms with E-state index in [4.69, 9.17) is 5.73 Å². The number of rotatable bonds is 3. The van der Waals surface area contributed by atoms with Crippen LogP contribution in [0, 0.1) is 6.92 Å². The lowest BCUT2D eigenvalue weighted by Crippen LogP contribution is -2.14. The molecular formula is C13H16N4O2. The third-order valence-corrected chi connectivity index (χ3v) is 2.83. The quantitative estimate of drug-likeness (QED) is 0.771. The van der Waals surface area contributed by atoms with Crippen molar-refractivity contribution in [2.24, 2.45) is 12.8 Å². The standard InChI is InChI=1S/C13H16N4O2/c1-8-3-4-9(5-11(8)18)13(19)15-12-10(6-14)7-17(2)16-12/h3-5,7,18H,6,14H2,1-2H3,(H,15,16,19). The Bertz CT molecular complexity index is 619. The second kappa shape index (κ2) is 5.11. The van der Waals surface area contributed by atoms with Gasteiger partial charge in [-0.05, 0) is 24.6 Å². The van der Waals surface area contributed by atoms with Crippen LogP contribution in [0.5, 0.6) is 5.75 Å². The third-order valence-electron chi connectivity index (χ3n) is 2.83. The van der Waals surface area contributed by atoms with Crippen molar-refractivity contribution in [1.29, 1.82) is 0 Å². The van der Waals surface area contributed by atoms with Crippen molar-refractivity contribution in [3.63, 3.8) is 0 Å². The lowest BCUT2D eigenvalue weighted by molar-refractivity contribution is 0.102. The zero-order valence-electron chi connectivity index (χ0n) is 10.8. The average Bonchev–Trinajstić information content (AvgIpc) is 2.72. The van der Waals surface area contributed by atoms with Gasteiger partial charge in [-0.2, -0.15) is 5.10 Å². The van der Waals surface area contributed by atoms with E-state index in [1.165, 1.54) is 6.07 Å². The van der Waals surface area contributed by atoms with E-state index in [9.17, 15) is 9.90 Å². The fraction of sp³-hybridized carbons (Fsp3) is 0.231. The topological polar surface area (TPSA) is 93.2 Å². The number of phenolic OH excluding ortho intramolecular Hbond substituents is 1. The van der Waals surface area contributed by atoms with Crippen molar-refractivity contribution in [2.75, 3.05) is 5.32 Å². The van der Waals surface area contributed by atoms with Gasteiger partial charge < -0.3 is 16.2 Å². The monoisotopic (exact) mass is 260 g/mol. The van der Waals surface area contributed by atoms with Gasteiger partial charge in [-0.15, -0.1) is 0 Å². The van der Waals surface area contributed by atoms with Gasteiger partial charge in [0.25, 0.3) is 5.91 Å². The molecule has 19 heavy (non-hydrogen) atoms. The molecule has 1 heterocycles. The molecule has 0 spiro atoms. The molecule has 0 saturated carbocycles. The summed E-state index contributed by atoms with van der Waals surface area (Å²) in [4.78, 5) is 12.0. The number of carbonyl (C=O) groups excluding carboxylic acids is 1. The van der Waals surface area contributed by atoms with Gasteiger partial charge in [-0.1, -0.05) is 6.07 Å². The van der Waals surface area contributed by atoms with E-state index in [0.29, 0.717) is 17.9 Å². The largest absolute Gasteiger partial charge is 0.508 e. The van der Waals surface area contributed by atoms with Gasteiger partial charge in [-0.25, -0.2) is 0 Å². The normalized spacial score (nSPS) is 10.5. The number of nitrogens with two attached hydrogens (primary N) is 1. The maximum Gasteiger partial charge on any atom is 0.257 e. The summed E-state index contributed by atoms with van der Waals surface area (Å²) in [6.07, 6.45) is 1.75. The predicted molar refractivity (Wildman–Crippen MR) is 71.9 cm³/mol. The zero-order chi connectivity index (χ0) is 14.0. The van der Waals surface area contributed by atoms with Crippen LogP contribution in [-0.4, -0.2) is 20.8 Å². The van der Waals surface area contributed by atoms with Crippen LogP contribution < -0.4 is 11.1 Å². The number of anilines is 1. The van der Waals surface area contributed by atoms with Crippen LogP contribution in [0.25, 0.3) is 0 Å². The maximum absolute atomic E-state index is 12.0. The van der Waals surface area contributed by atoms with Gasteiger partial charge in [-0.3, -0.25) is 9.48 Å². The molecule has 2 rings (SSSR count). The Hall–Kier alpha value is -2.34. The minimum atomic E-state index is -0.330. The summed E-state index contributed by atoms with van der Waals surface area (Å²) >= 11 is 0.